The summed E-state index contributed by atoms with van der Waals surface area (Å²) < 4.78 is 9.09. The molecule has 0 saturated carbocycles. The first-order valence-electron chi connectivity index (χ1n) is 11.1. The van der Waals surface area contributed by atoms with Crippen molar-refractivity contribution in [3.63, 3.8) is 0 Å². The smallest absolute Gasteiger partial charge is 0.228 e. The van der Waals surface area contributed by atoms with Crippen molar-refractivity contribution in [3.05, 3.63) is 77.5 Å². The van der Waals surface area contributed by atoms with Crippen LogP contribution in [0.4, 0.5) is 0 Å². The number of fused-ring (bicyclic) bond motifs is 5. The van der Waals surface area contributed by atoms with Gasteiger partial charge >= 0.3 is 0 Å². The van der Waals surface area contributed by atoms with E-state index in [4.69, 9.17) is 4.74 Å². The van der Waals surface area contributed by atoms with Gasteiger partial charge in [0.2, 0.25) is 5.69 Å². The number of aromatic nitrogens is 1. The van der Waals surface area contributed by atoms with Gasteiger partial charge in [-0.25, -0.2) is 4.57 Å². The highest BCUT2D eigenvalue weighted by molar-refractivity contribution is 6.17. The van der Waals surface area contributed by atoms with Crippen LogP contribution in [0.3, 0.4) is 0 Å². The maximum absolute atomic E-state index is 6.82. The van der Waals surface area contributed by atoms with Crippen LogP contribution in [-0.2, 0) is 7.05 Å². The van der Waals surface area contributed by atoms with Crippen molar-refractivity contribution in [2.75, 3.05) is 0 Å². The highest BCUT2D eigenvalue weighted by Crippen LogP contribution is 2.53. The number of aryl methyl sites for hydroxylation is 3. The van der Waals surface area contributed by atoms with E-state index >= 15 is 0 Å². The third kappa shape index (κ3) is 2.36. The minimum atomic E-state index is 0.355. The van der Waals surface area contributed by atoms with Crippen molar-refractivity contribution in [2.24, 2.45) is 7.05 Å². The number of pyridine rings is 1. The van der Waals surface area contributed by atoms with Gasteiger partial charge in [-0.2, -0.15) is 0 Å². The molecule has 0 bridgehead atoms. The van der Waals surface area contributed by atoms with Gasteiger partial charge in [0.25, 0.3) is 0 Å². The van der Waals surface area contributed by atoms with Crippen molar-refractivity contribution in [1.29, 1.82) is 0 Å². The highest BCUT2D eigenvalue weighted by Gasteiger charge is 2.34. The number of hydrogen-bond acceptors (Lipinski definition) is 1. The Morgan fingerprint density at radius 1 is 0.839 bits per heavy atom. The third-order valence-electron chi connectivity index (χ3n) is 6.93. The number of nitrogens with zero attached hydrogens (tertiary/aromatic N) is 1. The lowest BCUT2D eigenvalue weighted by molar-refractivity contribution is -0.659. The zero-order chi connectivity index (χ0) is 21.4. The molecule has 31 heavy (non-hydrogen) atoms. The van der Waals surface area contributed by atoms with E-state index in [0.717, 1.165) is 11.5 Å². The molecule has 0 spiro atoms. The van der Waals surface area contributed by atoms with E-state index < -0.39 is 0 Å². The molecule has 2 nitrogen and oxygen atoms in total. The minimum absolute atomic E-state index is 0.355. The lowest BCUT2D eigenvalue weighted by atomic mass is 9.84. The summed E-state index contributed by atoms with van der Waals surface area (Å²) in [6.07, 6.45) is 2.20. The number of ether oxygens (including phenoxy) is 1. The van der Waals surface area contributed by atoms with Crippen LogP contribution in [0.2, 0.25) is 0 Å². The Morgan fingerprint density at radius 3 is 2.39 bits per heavy atom. The Hall–Kier alpha value is -3.39. The maximum atomic E-state index is 6.82. The van der Waals surface area contributed by atoms with Crippen molar-refractivity contribution < 1.29 is 9.30 Å². The molecule has 2 heteroatoms. The zero-order valence-electron chi connectivity index (χ0n) is 18.7. The van der Waals surface area contributed by atoms with E-state index in [1.165, 1.54) is 60.3 Å². The number of benzene rings is 4. The summed E-state index contributed by atoms with van der Waals surface area (Å²) in [5.74, 6) is 2.34. The fourth-order valence-electron chi connectivity index (χ4n) is 5.56. The predicted octanol–water partition coefficient (Wildman–Crippen LogP) is 7.48. The van der Waals surface area contributed by atoms with Crippen LogP contribution in [0.1, 0.15) is 36.5 Å². The Balaban J connectivity index is 1.88. The van der Waals surface area contributed by atoms with Crippen LogP contribution >= 0.6 is 0 Å². The molecule has 0 unspecified atom stereocenters. The molecule has 0 atom stereocenters. The molecule has 5 aromatic rings. The predicted molar refractivity (Wildman–Crippen MR) is 129 cm³/mol. The van der Waals surface area contributed by atoms with Gasteiger partial charge in [-0.3, -0.25) is 0 Å². The Labute approximate surface area is 182 Å². The average Bonchev–Trinajstić information content (AvgIpc) is 2.75. The maximum Gasteiger partial charge on any atom is 0.228 e. The van der Waals surface area contributed by atoms with Crippen molar-refractivity contribution in [3.8, 4) is 22.8 Å². The summed E-state index contributed by atoms with van der Waals surface area (Å²) in [4.78, 5) is 0. The van der Waals surface area contributed by atoms with Crippen molar-refractivity contribution >= 4 is 32.3 Å². The molecular weight excluding hydrogens is 378 g/mol. The minimum Gasteiger partial charge on any atom is -0.455 e. The third-order valence-corrected chi connectivity index (χ3v) is 6.93. The van der Waals surface area contributed by atoms with Crippen molar-refractivity contribution in [2.45, 2.75) is 33.6 Å². The summed E-state index contributed by atoms with van der Waals surface area (Å²) in [6, 6.07) is 19.8. The van der Waals surface area contributed by atoms with Crippen LogP contribution in [0.15, 0.2) is 60.8 Å². The first-order chi connectivity index (χ1) is 15.0. The molecule has 0 aliphatic carbocycles. The van der Waals surface area contributed by atoms with E-state index in [1.54, 1.807) is 0 Å². The Morgan fingerprint density at radius 2 is 1.61 bits per heavy atom. The van der Waals surface area contributed by atoms with E-state index in [-0.39, 0.29) is 0 Å². The molecule has 0 saturated heterocycles. The van der Waals surface area contributed by atoms with Crippen LogP contribution in [0, 0.1) is 13.8 Å². The van der Waals surface area contributed by atoms with Gasteiger partial charge in [-0.15, -0.1) is 0 Å². The van der Waals surface area contributed by atoms with Crippen LogP contribution in [-0.4, -0.2) is 0 Å². The first kappa shape index (κ1) is 18.4. The summed E-state index contributed by atoms with van der Waals surface area (Å²) in [7, 11) is 2.15. The lowest BCUT2D eigenvalue weighted by Gasteiger charge is -2.27. The number of rotatable bonds is 1. The molecule has 1 aliphatic heterocycles. The molecule has 4 aromatic carbocycles. The SMILES string of the molecule is Cc1c2c(c(C(C)C)c3ccccc13)Oc1cc3cccc(C)c3c3cc[n+](C)c-2c13. The second kappa shape index (κ2) is 6.31. The van der Waals surface area contributed by atoms with Gasteiger partial charge < -0.3 is 4.74 Å². The largest absolute Gasteiger partial charge is 0.455 e. The molecule has 1 aromatic heterocycles. The molecule has 0 amide bonds. The fraction of sp³-hybridized carbons (Fsp3) is 0.207. The summed E-state index contributed by atoms with van der Waals surface area (Å²) in [5.41, 5.74) is 6.37. The van der Waals surface area contributed by atoms with Gasteiger partial charge in [0.05, 0.1) is 10.9 Å². The van der Waals surface area contributed by atoms with Gasteiger partial charge in [0.1, 0.15) is 18.5 Å². The Kier molecular flexibility index (Phi) is 3.74. The molecule has 0 N–H and O–H groups in total. The molecule has 152 valence electrons. The molecule has 6 rings (SSSR count). The van der Waals surface area contributed by atoms with E-state index in [9.17, 15) is 0 Å². The summed E-state index contributed by atoms with van der Waals surface area (Å²) in [5, 5.41) is 7.64. The van der Waals surface area contributed by atoms with Gasteiger partial charge in [0.15, 0.2) is 6.20 Å². The molecular formula is C29H26NO+. The molecule has 0 radical (unpaired) electrons. The standard InChI is InChI=1S/C29H26NO/c1-16(2)24-21-12-7-6-11-20(21)18(4)26-28-27-22(13-14-30(28)5)25-17(3)9-8-10-19(25)15-23(27)31-29(24)26/h6-16H,1-5H3/q+1. The monoisotopic (exact) mass is 404 g/mol. The van der Waals surface area contributed by atoms with E-state index in [2.05, 4.69) is 100 Å². The lowest BCUT2D eigenvalue weighted by Crippen LogP contribution is -2.32. The summed E-state index contributed by atoms with van der Waals surface area (Å²) >= 11 is 0. The topological polar surface area (TPSA) is 13.1 Å². The normalized spacial score (nSPS) is 12.6. The summed E-state index contributed by atoms with van der Waals surface area (Å²) in [6.45, 7) is 8.97. The second-order valence-corrected chi connectivity index (χ2v) is 9.16. The van der Waals surface area contributed by atoms with E-state index in [0.29, 0.717) is 5.92 Å². The van der Waals surface area contributed by atoms with Gasteiger partial charge in [-0.1, -0.05) is 56.3 Å². The van der Waals surface area contributed by atoms with Crippen LogP contribution in [0.5, 0.6) is 11.5 Å². The quantitative estimate of drug-likeness (QED) is 0.204. The molecule has 0 fully saturated rings. The first-order valence-corrected chi connectivity index (χ1v) is 11.1. The van der Waals surface area contributed by atoms with Gasteiger partial charge in [-0.05, 0) is 58.5 Å². The second-order valence-electron chi connectivity index (χ2n) is 9.16. The van der Waals surface area contributed by atoms with E-state index in [1.807, 2.05) is 0 Å². The molecule has 1 aliphatic rings. The molecule has 2 heterocycles. The zero-order valence-corrected chi connectivity index (χ0v) is 18.7. The fourth-order valence-corrected chi connectivity index (χ4v) is 5.56. The van der Waals surface area contributed by atoms with Crippen molar-refractivity contribution in [1.82, 2.24) is 0 Å². The van der Waals surface area contributed by atoms with Crippen LogP contribution < -0.4 is 9.30 Å². The van der Waals surface area contributed by atoms with Gasteiger partial charge in [0, 0.05) is 17.0 Å². The highest BCUT2D eigenvalue weighted by atomic mass is 16.5. The van der Waals surface area contributed by atoms with Crippen LogP contribution in [0.25, 0.3) is 43.6 Å². The average molecular weight is 405 g/mol. The number of hydrogen-bond donors (Lipinski definition) is 0. The Bertz CT molecular complexity index is 1560.